The summed E-state index contributed by atoms with van der Waals surface area (Å²) in [5.74, 6) is -0.131. The van der Waals surface area contributed by atoms with E-state index in [2.05, 4.69) is 120 Å². The normalized spacial score (nSPS) is 18.0. The number of amides is 3. The Labute approximate surface area is 554 Å². The van der Waals surface area contributed by atoms with E-state index >= 15 is 0 Å². The molecule has 0 radical (unpaired) electrons. The van der Waals surface area contributed by atoms with E-state index < -0.39 is 12.0 Å². The van der Waals surface area contributed by atoms with Crippen molar-refractivity contribution >= 4 is 160 Å². The zero-order valence-electron chi connectivity index (χ0n) is 48.4. The maximum atomic E-state index is 13.7. The molecule has 2 saturated heterocycles. The van der Waals surface area contributed by atoms with Gasteiger partial charge in [0.25, 0.3) is 0 Å². The molecule has 2 aromatic carbocycles. The summed E-state index contributed by atoms with van der Waals surface area (Å²) in [7, 11) is 0. The Morgan fingerprint density at radius 3 is 1.57 bits per heavy atom. The van der Waals surface area contributed by atoms with Crippen molar-refractivity contribution in [3.8, 4) is 22.3 Å². The molecule has 90 heavy (non-hydrogen) atoms. The predicted octanol–water partition coefficient (Wildman–Crippen LogP) is 8.49. The van der Waals surface area contributed by atoms with Crippen LogP contribution in [0.2, 0.25) is 0 Å². The number of benzene rings is 2. The molecule has 0 bridgehead atoms. The number of aromatic nitrogens is 14. The monoisotopic (exact) mass is 1420 g/mol. The van der Waals surface area contributed by atoms with E-state index in [-0.39, 0.29) is 99.2 Å². The van der Waals surface area contributed by atoms with Crippen LogP contribution in [-0.2, 0) is 54.6 Å². The number of carboxylic acid groups (broad SMARTS) is 1. The molecule has 6 atom stereocenters. The van der Waals surface area contributed by atoms with Gasteiger partial charge in [0, 0.05) is 107 Å². The highest BCUT2D eigenvalue weighted by Gasteiger charge is 2.56. The largest absolute Gasteiger partial charge is 0.480 e. The predicted molar refractivity (Wildman–Crippen MR) is 356 cm³/mol. The number of likely N-dealkylation sites (tertiary alicyclic amines) is 1. The second-order valence-electron chi connectivity index (χ2n) is 21.8. The number of rotatable bonds is 12. The Bertz CT molecular complexity index is 4460. The van der Waals surface area contributed by atoms with Gasteiger partial charge < -0.3 is 26.0 Å². The van der Waals surface area contributed by atoms with Gasteiger partial charge in [-0.3, -0.25) is 48.1 Å². The number of carbonyl (C=O) groups excluding carboxylic acids is 5. The number of carbonyl (C=O) groups is 6. The number of nitrogens with zero attached hydrogens (tertiary/aromatic N) is 15. The second-order valence-corrected chi connectivity index (χ2v) is 23.3. The van der Waals surface area contributed by atoms with Crippen LogP contribution in [0.5, 0.6) is 0 Å². The van der Waals surface area contributed by atoms with Gasteiger partial charge in [-0.2, -0.15) is 33.9 Å². The fourth-order valence-corrected chi connectivity index (χ4v) is 11.7. The van der Waals surface area contributed by atoms with Gasteiger partial charge in [0.1, 0.15) is 39.7 Å². The fraction of sp³-hybridized carbons (Fsp3) is 0.322. The summed E-state index contributed by atoms with van der Waals surface area (Å²) in [4.78, 5) is 102. The molecule has 4 N–H and O–H groups in total. The molecule has 468 valence electrons. The van der Waals surface area contributed by atoms with Crippen molar-refractivity contribution in [3.05, 3.63) is 129 Å². The number of carboxylic acids is 1. The fourth-order valence-electron chi connectivity index (χ4n) is 11.1. The summed E-state index contributed by atoms with van der Waals surface area (Å²) < 4.78 is 7.53. The standard InChI is InChI=1S/C29H26BrN9O3.C18H15N5O3.C11H13BrN4O.CH4.ClH.S2.H2S/c1-14-6-25-32-10-19(12-38(25)35-14)17-4-5-21-20(7-17)27(16(3)40)36-37(21)13-26(41)39-22-8-18(22)9-23(39)29(42)34-24-11-31-15(2)28(30)33-24;1-10-5-16-19-7-13(8-23(16)20-10)12-3-4-15-14(6-12)18(11(2)24)21-22(15)9-17(25)26;1-5-10(12)15-9(4-13-5)16-11(17)8-3-6-2-7(6)14-8;;;1-2;/h4-7,10-12,18,22-23H,8-9,13H2,1-3H3,(H,33,34,42);3-8H,9H2,1-2H3,(H,25,26);4,6-8,14H,2-3H2,1H3,(H,15,16,17);1H4;1H;;1H2/t18-,22-,23+;;6-,7-,8+;;;;/m1.1..../s1. The third-order valence-electron chi connectivity index (χ3n) is 15.5. The average molecular weight is 1430 g/mol. The molecule has 14 rings (SSSR count). The summed E-state index contributed by atoms with van der Waals surface area (Å²) >= 11 is 14.0. The maximum absolute atomic E-state index is 13.7. The Kier molecular flexibility index (Phi) is 21.2. The number of fused-ring (bicyclic) bond motifs is 6. The Hall–Kier alpha value is -8.00. The van der Waals surface area contributed by atoms with E-state index in [4.69, 9.17) is 5.11 Å². The molecule has 2 aliphatic heterocycles. The molecule has 4 aliphatic rings. The smallest absolute Gasteiger partial charge is 0.325 e. The van der Waals surface area contributed by atoms with E-state index in [0.29, 0.717) is 72.6 Å². The first-order chi connectivity index (χ1) is 41.7. The van der Waals surface area contributed by atoms with Crippen LogP contribution in [0.3, 0.4) is 0 Å². The number of hydrogen-bond donors (Lipinski definition) is 4. The molecule has 25 nitrogen and oxygen atoms in total. The molecule has 8 aromatic heterocycles. The average Bonchev–Trinajstić information content (AvgIpc) is 1.61. The minimum atomic E-state index is -1.02. The molecular weight excluding hydrogens is 1360 g/mol. The number of hydrogen-bond acceptors (Lipinski definition) is 19. The SMILES string of the molecule is C.CC(=O)c1nn(CC(=O)N2[C@@H]3C[C@@H]3C[C@H]2C(=O)Nc2cnc(C)c(Br)n2)c2ccc(-c3cnc4cc(C)nn4c3)cc12.CC(=O)c1nn(CC(=O)O)c2ccc(-c3cnc4cc(C)nn4c3)cc12.Cc1ncc(NC(=O)[C@@H]2C[C@H]3C[C@H]3N2)nc1Br.Cl.S.S=S. The van der Waals surface area contributed by atoms with E-state index in [1.54, 1.807) is 43.3 Å². The summed E-state index contributed by atoms with van der Waals surface area (Å²) in [5, 5.41) is 36.7. The number of piperidine rings is 2. The highest BCUT2D eigenvalue weighted by atomic mass is 79.9. The molecule has 4 fully saturated rings. The Morgan fingerprint density at radius 2 is 1.11 bits per heavy atom. The first-order valence-electron chi connectivity index (χ1n) is 27.4. The number of nitrogens with one attached hydrogen (secondary N) is 3. The highest BCUT2D eigenvalue weighted by Crippen LogP contribution is 2.48. The molecule has 0 spiro atoms. The number of ketones is 2. The summed E-state index contributed by atoms with van der Waals surface area (Å²) in [6, 6.07) is 14.8. The Balaban J connectivity index is 0.000000186. The van der Waals surface area contributed by atoms with Gasteiger partial charge in [0.15, 0.2) is 34.5 Å². The lowest BCUT2D eigenvalue weighted by Crippen LogP contribution is -2.46. The van der Waals surface area contributed by atoms with Crippen molar-refractivity contribution in [1.29, 1.82) is 0 Å². The van der Waals surface area contributed by atoms with Gasteiger partial charge in [-0.05, 0) is 132 Å². The third kappa shape index (κ3) is 14.4. The van der Waals surface area contributed by atoms with Crippen LogP contribution in [0.1, 0.15) is 90.7 Å². The van der Waals surface area contributed by atoms with Crippen LogP contribution in [0, 0.1) is 39.5 Å². The van der Waals surface area contributed by atoms with Crippen molar-refractivity contribution in [3.63, 3.8) is 0 Å². The summed E-state index contributed by atoms with van der Waals surface area (Å²) in [5.41, 5.74) is 9.93. The van der Waals surface area contributed by atoms with Crippen LogP contribution in [0.25, 0.3) is 55.4 Å². The lowest BCUT2D eigenvalue weighted by atomic mass is 10.0. The van der Waals surface area contributed by atoms with Crippen LogP contribution >= 0.6 is 57.8 Å². The second kappa shape index (κ2) is 28.0. The van der Waals surface area contributed by atoms with Gasteiger partial charge in [-0.15, -0.1) is 12.4 Å². The maximum Gasteiger partial charge on any atom is 0.325 e. The molecule has 10 heterocycles. The third-order valence-corrected chi connectivity index (χ3v) is 17.0. The van der Waals surface area contributed by atoms with E-state index in [9.17, 15) is 28.8 Å². The number of aryl methyl sites for hydroxylation is 4. The Morgan fingerprint density at radius 1 is 0.622 bits per heavy atom. The van der Waals surface area contributed by atoms with Gasteiger partial charge in [-0.1, -0.05) is 19.6 Å². The summed E-state index contributed by atoms with van der Waals surface area (Å²) in [6.45, 7) is 9.96. The van der Waals surface area contributed by atoms with Gasteiger partial charge in [0.05, 0.1) is 52.2 Å². The zero-order chi connectivity index (χ0) is 61.7. The van der Waals surface area contributed by atoms with Crippen molar-refractivity contribution in [2.75, 3.05) is 10.6 Å². The zero-order valence-corrected chi connectivity index (χ0v) is 55.0. The lowest BCUT2D eigenvalue weighted by Gasteiger charge is -2.26. The minimum absolute atomic E-state index is 0. The molecule has 2 saturated carbocycles. The van der Waals surface area contributed by atoms with Crippen molar-refractivity contribution in [2.45, 2.75) is 112 Å². The van der Waals surface area contributed by atoms with Crippen molar-refractivity contribution in [2.24, 2.45) is 11.8 Å². The molecule has 2 aliphatic carbocycles. The highest BCUT2D eigenvalue weighted by molar-refractivity contribution is 9.10. The summed E-state index contributed by atoms with van der Waals surface area (Å²) in [6.07, 6.45) is 14.0. The number of aliphatic carboxylic acids is 1. The first kappa shape index (κ1) is 67.9. The van der Waals surface area contributed by atoms with Crippen molar-refractivity contribution < 1.29 is 33.9 Å². The molecule has 31 heteroatoms. The van der Waals surface area contributed by atoms with Crippen LogP contribution < -0.4 is 16.0 Å². The lowest BCUT2D eigenvalue weighted by molar-refractivity contribution is -0.138. The van der Waals surface area contributed by atoms with E-state index in [1.165, 1.54) is 31.1 Å². The molecule has 10 aromatic rings. The van der Waals surface area contributed by atoms with Gasteiger partial charge in [0.2, 0.25) is 17.7 Å². The van der Waals surface area contributed by atoms with E-state index in [0.717, 1.165) is 63.5 Å². The number of halogens is 3. The van der Waals surface area contributed by atoms with E-state index in [1.807, 2.05) is 82.6 Å². The molecule has 0 unspecified atom stereocenters. The first-order valence-corrected chi connectivity index (χ1v) is 30.4. The van der Waals surface area contributed by atoms with Gasteiger partial charge >= 0.3 is 5.97 Å². The topological polar surface area (TPSA) is 310 Å². The molecular formula is C59H61Br2ClN18O7S3. The number of Topliss-reactive ketones (excluding diaryl/α,β-unsaturated/α-hetero) is 2. The van der Waals surface area contributed by atoms with Crippen LogP contribution in [0.15, 0.2) is 94.9 Å². The van der Waals surface area contributed by atoms with Crippen molar-refractivity contribution in [1.82, 2.24) is 78.9 Å². The van der Waals surface area contributed by atoms with Crippen LogP contribution in [0.4, 0.5) is 11.6 Å². The molecule has 3 amide bonds. The van der Waals surface area contributed by atoms with Gasteiger partial charge in [-0.25, -0.2) is 29.0 Å². The number of anilines is 2. The quantitative estimate of drug-likeness (QED) is 0.0833. The van der Waals surface area contributed by atoms with Crippen LogP contribution in [-0.4, -0.2) is 138 Å². The minimum Gasteiger partial charge on any atom is -0.480 e.